The Morgan fingerprint density at radius 3 is 2.81 bits per heavy atom. The van der Waals surface area contributed by atoms with Gasteiger partial charge in [-0.3, -0.25) is 0 Å². The lowest BCUT2D eigenvalue weighted by atomic mass is 10.1. The van der Waals surface area contributed by atoms with Gasteiger partial charge in [-0.25, -0.2) is 4.39 Å². The summed E-state index contributed by atoms with van der Waals surface area (Å²) in [5.74, 6) is 1.71. The number of hydrogen-bond acceptors (Lipinski definition) is 4. The predicted molar refractivity (Wildman–Crippen MR) is 75.9 cm³/mol. The van der Waals surface area contributed by atoms with Crippen molar-refractivity contribution < 1.29 is 18.6 Å². The first-order valence-electron chi connectivity index (χ1n) is 6.70. The molecule has 2 aromatic carbocycles. The molecule has 0 spiro atoms. The monoisotopic (exact) mass is 289 g/mol. The second-order valence-corrected chi connectivity index (χ2v) is 4.95. The molecule has 1 aliphatic rings. The van der Waals surface area contributed by atoms with Crippen molar-refractivity contribution in [2.24, 2.45) is 5.73 Å². The van der Waals surface area contributed by atoms with Gasteiger partial charge in [0.05, 0.1) is 0 Å². The number of rotatable bonds is 4. The average Bonchev–Trinajstić information content (AvgIpc) is 2.93. The Hall–Kier alpha value is -2.27. The SMILES string of the molecule is CC(N)c1cc(F)ccc1OCc1ccc2c(c1)OCO2. The third-order valence-corrected chi connectivity index (χ3v) is 3.29. The summed E-state index contributed by atoms with van der Waals surface area (Å²) in [6.07, 6.45) is 0. The third kappa shape index (κ3) is 2.92. The van der Waals surface area contributed by atoms with E-state index in [4.69, 9.17) is 19.9 Å². The number of benzene rings is 2. The highest BCUT2D eigenvalue weighted by Gasteiger charge is 2.14. The molecule has 1 unspecified atom stereocenters. The van der Waals surface area contributed by atoms with E-state index in [1.165, 1.54) is 12.1 Å². The van der Waals surface area contributed by atoms with Gasteiger partial charge in [0.15, 0.2) is 11.5 Å². The van der Waals surface area contributed by atoms with Crippen LogP contribution < -0.4 is 19.9 Å². The first kappa shape index (κ1) is 13.7. The van der Waals surface area contributed by atoms with Gasteiger partial charge < -0.3 is 19.9 Å². The van der Waals surface area contributed by atoms with Crippen LogP contribution in [-0.2, 0) is 6.61 Å². The van der Waals surface area contributed by atoms with Crippen molar-refractivity contribution in [3.05, 3.63) is 53.3 Å². The van der Waals surface area contributed by atoms with Crippen LogP contribution in [-0.4, -0.2) is 6.79 Å². The van der Waals surface area contributed by atoms with E-state index in [2.05, 4.69) is 0 Å². The van der Waals surface area contributed by atoms with Crippen LogP contribution in [0.4, 0.5) is 4.39 Å². The second-order valence-electron chi connectivity index (χ2n) is 4.95. The molecule has 0 radical (unpaired) electrons. The zero-order valence-electron chi connectivity index (χ0n) is 11.6. The molecule has 0 bridgehead atoms. The van der Waals surface area contributed by atoms with Crippen molar-refractivity contribution in [3.8, 4) is 17.2 Å². The normalized spacial score (nSPS) is 14.0. The maximum atomic E-state index is 13.3. The minimum atomic E-state index is -0.322. The Morgan fingerprint density at radius 1 is 1.19 bits per heavy atom. The van der Waals surface area contributed by atoms with Crippen LogP contribution in [0.1, 0.15) is 24.1 Å². The summed E-state index contributed by atoms with van der Waals surface area (Å²) in [5.41, 5.74) is 7.44. The van der Waals surface area contributed by atoms with Gasteiger partial charge in [-0.1, -0.05) is 6.07 Å². The Bertz CT molecular complexity index is 658. The van der Waals surface area contributed by atoms with Crippen LogP contribution in [0.3, 0.4) is 0 Å². The number of halogens is 1. The topological polar surface area (TPSA) is 53.7 Å². The molecular weight excluding hydrogens is 273 g/mol. The van der Waals surface area contributed by atoms with E-state index in [9.17, 15) is 4.39 Å². The lowest BCUT2D eigenvalue weighted by Crippen LogP contribution is -2.08. The molecule has 0 saturated heterocycles. The molecule has 5 heteroatoms. The number of nitrogens with two attached hydrogens (primary N) is 1. The molecule has 2 N–H and O–H groups in total. The fourth-order valence-corrected chi connectivity index (χ4v) is 2.20. The van der Waals surface area contributed by atoms with Crippen molar-refractivity contribution in [2.75, 3.05) is 6.79 Å². The van der Waals surface area contributed by atoms with Gasteiger partial charge in [0.1, 0.15) is 18.2 Å². The van der Waals surface area contributed by atoms with Gasteiger partial charge in [-0.05, 0) is 42.8 Å². The fourth-order valence-electron chi connectivity index (χ4n) is 2.20. The lowest BCUT2D eigenvalue weighted by Gasteiger charge is -2.14. The highest BCUT2D eigenvalue weighted by Crippen LogP contribution is 2.33. The van der Waals surface area contributed by atoms with E-state index in [-0.39, 0.29) is 18.7 Å². The number of fused-ring (bicyclic) bond motifs is 1. The molecule has 21 heavy (non-hydrogen) atoms. The first-order chi connectivity index (χ1) is 10.1. The van der Waals surface area contributed by atoms with E-state index < -0.39 is 0 Å². The van der Waals surface area contributed by atoms with Gasteiger partial charge in [0.2, 0.25) is 6.79 Å². The summed E-state index contributed by atoms with van der Waals surface area (Å²) >= 11 is 0. The quantitative estimate of drug-likeness (QED) is 0.939. The van der Waals surface area contributed by atoms with Gasteiger partial charge >= 0.3 is 0 Å². The van der Waals surface area contributed by atoms with Gasteiger partial charge in [-0.2, -0.15) is 0 Å². The van der Waals surface area contributed by atoms with Crippen LogP contribution >= 0.6 is 0 Å². The van der Waals surface area contributed by atoms with Crippen molar-refractivity contribution >= 4 is 0 Å². The maximum Gasteiger partial charge on any atom is 0.231 e. The summed E-state index contributed by atoms with van der Waals surface area (Å²) in [6.45, 7) is 2.39. The summed E-state index contributed by atoms with van der Waals surface area (Å²) in [7, 11) is 0. The highest BCUT2D eigenvalue weighted by molar-refractivity contribution is 5.44. The standard InChI is InChI=1S/C16H16FNO3/c1-10(18)13-7-12(17)3-5-14(13)19-8-11-2-4-15-16(6-11)21-9-20-15/h2-7,10H,8-9,18H2,1H3. The van der Waals surface area contributed by atoms with E-state index in [1.54, 1.807) is 13.0 Å². The van der Waals surface area contributed by atoms with E-state index in [1.807, 2.05) is 18.2 Å². The van der Waals surface area contributed by atoms with Gasteiger partial charge in [0, 0.05) is 11.6 Å². The molecular formula is C16H16FNO3. The zero-order valence-corrected chi connectivity index (χ0v) is 11.6. The highest BCUT2D eigenvalue weighted by atomic mass is 19.1. The maximum absolute atomic E-state index is 13.3. The first-order valence-corrected chi connectivity index (χ1v) is 6.70. The predicted octanol–water partition coefficient (Wildman–Crippen LogP) is 3.15. The van der Waals surface area contributed by atoms with Gasteiger partial charge in [0.25, 0.3) is 0 Å². The molecule has 1 aliphatic heterocycles. The number of hydrogen-bond donors (Lipinski definition) is 1. The van der Waals surface area contributed by atoms with Crippen LogP contribution in [0.15, 0.2) is 36.4 Å². The lowest BCUT2D eigenvalue weighted by molar-refractivity contribution is 0.174. The zero-order chi connectivity index (χ0) is 14.8. The Balaban J connectivity index is 1.76. The van der Waals surface area contributed by atoms with Crippen molar-refractivity contribution in [1.29, 1.82) is 0 Å². The molecule has 0 aromatic heterocycles. The summed E-state index contributed by atoms with van der Waals surface area (Å²) in [4.78, 5) is 0. The smallest absolute Gasteiger partial charge is 0.231 e. The van der Waals surface area contributed by atoms with E-state index in [0.717, 1.165) is 11.3 Å². The van der Waals surface area contributed by atoms with Crippen LogP contribution in [0.2, 0.25) is 0 Å². The molecule has 0 aliphatic carbocycles. The molecule has 2 aromatic rings. The molecule has 0 saturated carbocycles. The molecule has 1 heterocycles. The molecule has 0 amide bonds. The van der Waals surface area contributed by atoms with E-state index in [0.29, 0.717) is 23.7 Å². The summed E-state index contributed by atoms with van der Waals surface area (Å²) < 4.78 is 29.6. The second kappa shape index (κ2) is 5.61. The van der Waals surface area contributed by atoms with Crippen molar-refractivity contribution in [2.45, 2.75) is 19.6 Å². The molecule has 1 atom stereocenters. The molecule has 110 valence electrons. The van der Waals surface area contributed by atoms with Gasteiger partial charge in [-0.15, -0.1) is 0 Å². The van der Waals surface area contributed by atoms with Crippen LogP contribution in [0.25, 0.3) is 0 Å². The molecule has 3 rings (SSSR count). The van der Waals surface area contributed by atoms with Crippen LogP contribution in [0, 0.1) is 5.82 Å². The molecule has 0 fully saturated rings. The fraction of sp³-hybridized carbons (Fsp3) is 0.250. The third-order valence-electron chi connectivity index (χ3n) is 3.29. The minimum absolute atomic E-state index is 0.243. The summed E-state index contributed by atoms with van der Waals surface area (Å²) in [5, 5.41) is 0. The van der Waals surface area contributed by atoms with Crippen molar-refractivity contribution in [3.63, 3.8) is 0 Å². The van der Waals surface area contributed by atoms with Crippen LogP contribution in [0.5, 0.6) is 17.2 Å². The Kier molecular flexibility index (Phi) is 3.66. The molecule has 4 nitrogen and oxygen atoms in total. The largest absolute Gasteiger partial charge is 0.489 e. The Morgan fingerprint density at radius 2 is 2.00 bits per heavy atom. The Labute approximate surface area is 122 Å². The van der Waals surface area contributed by atoms with E-state index >= 15 is 0 Å². The minimum Gasteiger partial charge on any atom is -0.489 e. The van der Waals surface area contributed by atoms with Crippen molar-refractivity contribution in [1.82, 2.24) is 0 Å². The average molecular weight is 289 g/mol. The number of ether oxygens (including phenoxy) is 3. The summed E-state index contributed by atoms with van der Waals surface area (Å²) in [6, 6.07) is 9.69.